The lowest BCUT2D eigenvalue weighted by Gasteiger charge is -2.22. The van der Waals surface area contributed by atoms with Crippen molar-refractivity contribution in [2.45, 2.75) is 52.5 Å². The Labute approximate surface area is 134 Å². The monoisotopic (exact) mass is 303 g/mol. The van der Waals surface area contributed by atoms with E-state index in [1.807, 2.05) is 13.0 Å². The van der Waals surface area contributed by atoms with Gasteiger partial charge in [0.15, 0.2) is 0 Å². The predicted octanol–water partition coefficient (Wildman–Crippen LogP) is 3.31. The zero-order valence-corrected chi connectivity index (χ0v) is 14.1. The molecule has 0 saturated heterocycles. The molecule has 2 N–H and O–H groups in total. The van der Waals surface area contributed by atoms with Crippen LogP contribution in [0, 0.1) is 6.92 Å². The third kappa shape index (κ3) is 4.47. The van der Waals surface area contributed by atoms with Crippen LogP contribution in [0.2, 0.25) is 0 Å². The van der Waals surface area contributed by atoms with Crippen LogP contribution < -0.4 is 15.5 Å². The van der Waals surface area contributed by atoms with Crippen LogP contribution in [0.3, 0.4) is 0 Å². The molecule has 1 aromatic rings. The van der Waals surface area contributed by atoms with E-state index in [1.54, 1.807) is 0 Å². The number of aryl methyl sites for hydroxylation is 1. The van der Waals surface area contributed by atoms with Crippen molar-refractivity contribution in [1.82, 2.24) is 5.32 Å². The van der Waals surface area contributed by atoms with E-state index in [4.69, 9.17) is 0 Å². The van der Waals surface area contributed by atoms with E-state index in [1.165, 1.54) is 31.4 Å². The second-order valence-corrected chi connectivity index (χ2v) is 6.08. The molecule has 1 fully saturated rings. The summed E-state index contributed by atoms with van der Waals surface area (Å²) in [6.45, 7) is 8.75. The molecule has 2 rings (SSSR count). The van der Waals surface area contributed by atoms with Gasteiger partial charge < -0.3 is 15.5 Å². The van der Waals surface area contributed by atoms with Crippen LogP contribution in [0.1, 0.15) is 45.1 Å². The van der Waals surface area contributed by atoms with Gasteiger partial charge in [0.1, 0.15) is 0 Å². The van der Waals surface area contributed by atoms with Crippen LogP contribution >= 0.6 is 0 Å². The van der Waals surface area contributed by atoms with E-state index in [9.17, 15) is 4.79 Å². The van der Waals surface area contributed by atoms with Gasteiger partial charge >= 0.3 is 0 Å². The molecule has 0 aromatic heterocycles. The van der Waals surface area contributed by atoms with E-state index < -0.39 is 0 Å². The van der Waals surface area contributed by atoms with Crippen molar-refractivity contribution < 1.29 is 4.79 Å². The smallest absolute Gasteiger partial charge is 0.238 e. The highest BCUT2D eigenvalue weighted by Gasteiger charge is 2.15. The average Bonchev–Trinajstić information content (AvgIpc) is 3.02. The first-order valence-corrected chi connectivity index (χ1v) is 8.52. The van der Waals surface area contributed by atoms with Crippen LogP contribution in [0.5, 0.6) is 0 Å². The second kappa shape index (κ2) is 8.18. The summed E-state index contributed by atoms with van der Waals surface area (Å²) in [6.07, 6.45) is 4.96. The highest BCUT2D eigenvalue weighted by molar-refractivity contribution is 5.93. The van der Waals surface area contributed by atoms with Gasteiger partial charge in [-0.15, -0.1) is 0 Å². The Kier molecular flexibility index (Phi) is 6.25. The van der Waals surface area contributed by atoms with Gasteiger partial charge in [0.05, 0.1) is 6.54 Å². The molecule has 0 heterocycles. The summed E-state index contributed by atoms with van der Waals surface area (Å²) in [6, 6.07) is 6.76. The Hall–Kier alpha value is -1.55. The highest BCUT2D eigenvalue weighted by atomic mass is 16.1. The molecule has 1 aliphatic rings. The van der Waals surface area contributed by atoms with Crippen molar-refractivity contribution in [3.05, 3.63) is 23.8 Å². The Morgan fingerprint density at radius 1 is 1.23 bits per heavy atom. The van der Waals surface area contributed by atoms with Gasteiger partial charge in [0.25, 0.3) is 0 Å². The third-order valence-corrected chi connectivity index (χ3v) is 4.52. The van der Waals surface area contributed by atoms with Gasteiger partial charge in [-0.3, -0.25) is 4.79 Å². The average molecular weight is 303 g/mol. The largest absolute Gasteiger partial charge is 0.372 e. The van der Waals surface area contributed by atoms with Crippen LogP contribution in [0.4, 0.5) is 11.4 Å². The SMILES string of the molecule is CCN(CC)c1ccc(NC(=O)CNC2CCCC2)c(C)c1. The summed E-state index contributed by atoms with van der Waals surface area (Å²) < 4.78 is 0. The number of anilines is 2. The number of nitrogens with zero attached hydrogens (tertiary/aromatic N) is 1. The zero-order chi connectivity index (χ0) is 15.9. The quantitative estimate of drug-likeness (QED) is 0.812. The molecule has 0 atom stereocenters. The number of benzene rings is 1. The van der Waals surface area contributed by atoms with Crippen molar-refractivity contribution in [3.63, 3.8) is 0 Å². The molecule has 0 unspecified atom stereocenters. The van der Waals surface area contributed by atoms with Gasteiger partial charge in [-0.25, -0.2) is 0 Å². The topological polar surface area (TPSA) is 44.4 Å². The van der Waals surface area contributed by atoms with Crippen molar-refractivity contribution in [2.24, 2.45) is 0 Å². The minimum Gasteiger partial charge on any atom is -0.372 e. The maximum Gasteiger partial charge on any atom is 0.238 e. The Balaban J connectivity index is 1.90. The predicted molar refractivity (Wildman–Crippen MR) is 93.6 cm³/mol. The number of hydrogen-bond acceptors (Lipinski definition) is 3. The van der Waals surface area contributed by atoms with Crippen LogP contribution in [-0.2, 0) is 4.79 Å². The molecular weight excluding hydrogens is 274 g/mol. The van der Waals surface area contributed by atoms with Gasteiger partial charge in [-0.05, 0) is 57.4 Å². The number of amides is 1. The molecule has 4 nitrogen and oxygen atoms in total. The fourth-order valence-electron chi connectivity index (χ4n) is 3.13. The molecule has 1 aromatic carbocycles. The lowest BCUT2D eigenvalue weighted by molar-refractivity contribution is -0.115. The highest BCUT2D eigenvalue weighted by Crippen LogP contribution is 2.22. The summed E-state index contributed by atoms with van der Waals surface area (Å²) in [5.41, 5.74) is 3.23. The maximum atomic E-state index is 12.1. The van der Waals surface area contributed by atoms with Crippen LogP contribution in [-0.4, -0.2) is 31.6 Å². The lowest BCUT2D eigenvalue weighted by Crippen LogP contribution is -2.34. The molecule has 122 valence electrons. The molecule has 4 heteroatoms. The van der Waals surface area contributed by atoms with Crippen molar-refractivity contribution >= 4 is 17.3 Å². The molecule has 0 aliphatic heterocycles. The van der Waals surface area contributed by atoms with E-state index in [0.29, 0.717) is 12.6 Å². The zero-order valence-electron chi connectivity index (χ0n) is 14.1. The number of rotatable bonds is 7. The Bertz CT molecular complexity index is 491. The molecule has 1 amide bonds. The fourth-order valence-corrected chi connectivity index (χ4v) is 3.13. The van der Waals surface area contributed by atoms with Crippen molar-refractivity contribution in [2.75, 3.05) is 29.9 Å². The van der Waals surface area contributed by atoms with E-state index in [2.05, 4.69) is 41.5 Å². The summed E-state index contributed by atoms with van der Waals surface area (Å²) >= 11 is 0. The van der Waals surface area contributed by atoms with Gasteiger partial charge in [0, 0.05) is 30.5 Å². The van der Waals surface area contributed by atoms with Crippen molar-refractivity contribution in [3.8, 4) is 0 Å². The van der Waals surface area contributed by atoms with Crippen LogP contribution in [0.15, 0.2) is 18.2 Å². The fraction of sp³-hybridized carbons (Fsp3) is 0.611. The van der Waals surface area contributed by atoms with Gasteiger partial charge in [-0.1, -0.05) is 12.8 Å². The Morgan fingerprint density at radius 2 is 1.91 bits per heavy atom. The molecule has 1 aliphatic carbocycles. The number of hydrogen-bond donors (Lipinski definition) is 2. The second-order valence-electron chi connectivity index (χ2n) is 6.08. The Morgan fingerprint density at radius 3 is 2.50 bits per heavy atom. The summed E-state index contributed by atoms with van der Waals surface area (Å²) in [7, 11) is 0. The first kappa shape index (κ1) is 16.8. The molecular formula is C18H29N3O. The standard InChI is InChI=1S/C18H29N3O/c1-4-21(5-2)16-10-11-17(14(3)12-16)20-18(22)13-19-15-8-6-7-9-15/h10-12,15,19H,4-9,13H2,1-3H3,(H,20,22). The summed E-state index contributed by atoms with van der Waals surface area (Å²) in [5.74, 6) is 0.0468. The van der Waals surface area contributed by atoms with E-state index in [-0.39, 0.29) is 5.91 Å². The third-order valence-electron chi connectivity index (χ3n) is 4.52. The molecule has 22 heavy (non-hydrogen) atoms. The number of nitrogens with one attached hydrogen (secondary N) is 2. The number of carbonyl (C=O) groups is 1. The van der Waals surface area contributed by atoms with Crippen molar-refractivity contribution in [1.29, 1.82) is 0 Å². The first-order chi connectivity index (χ1) is 10.6. The lowest BCUT2D eigenvalue weighted by atomic mass is 10.1. The van der Waals surface area contributed by atoms with E-state index >= 15 is 0 Å². The summed E-state index contributed by atoms with van der Waals surface area (Å²) in [5, 5.41) is 6.37. The van der Waals surface area contributed by atoms with Gasteiger partial charge in [-0.2, -0.15) is 0 Å². The number of carbonyl (C=O) groups excluding carboxylic acids is 1. The minimum atomic E-state index is 0.0468. The first-order valence-electron chi connectivity index (χ1n) is 8.52. The molecule has 0 radical (unpaired) electrons. The summed E-state index contributed by atoms with van der Waals surface area (Å²) in [4.78, 5) is 14.4. The normalized spacial score (nSPS) is 15.0. The molecule has 1 saturated carbocycles. The molecule has 0 spiro atoms. The molecule has 0 bridgehead atoms. The van der Waals surface area contributed by atoms with Gasteiger partial charge in [0.2, 0.25) is 5.91 Å². The van der Waals surface area contributed by atoms with E-state index in [0.717, 1.165) is 24.3 Å². The van der Waals surface area contributed by atoms with Crippen LogP contribution in [0.25, 0.3) is 0 Å². The minimum absolute atomic E-state index is 0.0468. The maximum absolute atomic E-state index is 12.1.